The molecule has 1 saturated carbocycles. The summed E-state index contributed by atoms with van der Waals surface area (Å²) in [4.78, 5) is 26.0. The SMILES string of the molecule is CCOC(=O)C1(C(=O)OCC)CC2=C(OS(=O)(=O)C(F)(F)F)c3ccccc3C(C)(C)CC2C1. The van der Waals surface area contributed by atoms with Crippen LogP contribution in [-0.2, 0) is 38.8 Å². The highest BCUT2D eigenvalue weighted by Gasteiger charge is 2.59. The van der Waals surface area contributed by atoms with Crippen molar-refractivity contribution < 1.29 is 44.8 Å². The molecule has 0 spiro atoms. The summed E-state index contributed by atoms with van der Waals surface area (Å²) in [7, 11) is -6.02. The summed E-state index contributed by atoms with van der Waals surface area (Å²) < 4.78 is 79.0. The molecule has 0 bridgehead atoms. The maximum absolute atomic E-state index is 13.3. The fourth-order valence-electron chi connectivity index (χ4n) is 4.90. The molecule has 11 heteroatoms. The number of rotatable bonds is 6. The lowest BCUT2D eigenvalue weighted by atomic mass is 9.75. The molecular formula is C23H27F3O7S. The quantitative estimate of drug-likeness (QED) is 0.244. The van der Waals surface area contributed by atoms with Gasteiger partial charge in [0.2, 0.25) is 0 Å². The van der Waals surface area contributed by atoms with E-state index in [2.05, 4.69) is 0 Å². The second-order valence-electron chi connectivity index (χ2n) is 9.07. The van der Waals surface area contributed by atoms with E-state index in [0.717, 1.165) is 0 Å². The van der Waals surface area contributed by atoms with Crippen molar-refractivity contribution in [3.8, 4) is 0 Å². The summed E-state index contributed by atoms with van der Waals surface area (Å²) in [6.07, 6.45) is -0.141. The first kappa shape index (κ1) is 26.1. The van der Waals surface area contributed by atoms with Crippen LogP contribution in [0, 0.1) is 11.3 Å². The van der Waals surface area contributed by atoms with Crippen molar-refractivity contribution in [1.29, 1.82) is 0 Å². The van der Waals surface area contributed by atoms with Crippen molar-refractivity contribution in [3.05, 3.63) is 41.0 Å². The minimum Gasteiger partial charge on any atom is -0.465 e. The molecule has 0 saturated heterocycles. The number of fused-ring (bicyclic) bond motifs is 2. The molecule has 0 heterocycles. The second kappa shape index (κ2) is 8.90. The van der Waals surface area contributed by atoms with E-state index in [1.807, 2.05) is 13.8 Å². The number of allylic oxidation sites excluding steroid dienone is 1. The third-order valence-corrected chi connectivity index (χ3v) is 7.29. The monoisotopic (exact) mass is 504 g/mol. The minimum absolute atomic E-state index is 0.0240. The van der Waals surface area contributed by atoms with E-state index in [1.165, 1.54) is 6.07 Å². The number of ether oxygens (including phenoxy) is 2. The molecule has 0 amide bonds. The van der Waals surface area contributed by atoms with Gasteiger partial charge in [-0.15, -0.1) is 0 Å². The van der Waals surface area contributed by atoms with Crippen LogP contribution in [0.3, 0.4) is 0 Å². The van der Waals surface area contributed by atoms with Crippen molar-refractivity contribution in [2.75, 3.05) is 13.2 Å². The number of hydrogen-bond donors (Lipinski definition) is 0. The van der Waals surface area contributed by atoms with Gasteiger partial charge in [0.15, 0.2) is 5.41 Å². The van der Waals surface area contributed by atoms with Gasteiger partial charge >= 0.3 is 27.6 Å². The fraction of sp³-hybridized carbons (Fsp3) is 0.565. The predicted molar refractivity (Wildman–Crippen MR) is 115 cm³/mol. The lowest BCUT2D eigenvalue weighted by Gasteiger charge is -2.29. The van der Waals surface area contributed by atoms with E-state index in [9.17, 15) is 31.2 Å². The highest BCUT2D eigenvalue weighted by molar-refractivity contribution is 7.87. The van der Waals surface area contributed by atoms with Gasteiger partial charge in [0.25, 0.3) is 0 Å². The van der Waals surface area contributed by atoms with Crippen molar-refractivity contribution in [2.45, 2.75) is 57.9 Å². The Bertz CT molecular complexity index is 1100. The molecule has 188 valence electrons. The van der Waals surface area contributed by atoms with Gasteiger partial charge in [-0.05, 0) is 55.6 Å². The number of esters is 2. The van der Waals surface area contributed by atoms with Crippen LogP contribution in [0.25, 0.3) is 5.76 Å². The van der Waals surface area contributed by atoms with Gasteiger partial charge in [0, 0.05) is 5.56 Å². The summed E-state index contributed by atoms with van der Waals surface area (Å²) in [6.45, 7) is 6.80. The fourth-order valence-corrected chi connectivity index (χ4v) is 5.42. The first-order valence-electron chi connectivity index (χ1n) is 10.9. The number of alkyl halides is 3. The minimum atomic E-state index is -6.02. The molecule has 1 fully saturated rings. The van der Waals surface area contributed by atoms with Crippen molar-refractivity contribution in [1.82, 2.24) is 0 Å². The van der Waals surface area contributed by atoms with Crippen LogP contribution in [0.4, 0.5) is 13.2 Å². The summed E-state index contributed by atoms with van der Waals surface area (Å²) in [5.74, 6) is -2.86. The molecule has 1 unspecified atom stereocenters. The molecular weight excluding hydrogens is 477 g/mol. The summed E-state index contributed by atoms with van der Waals surface area (Å²) >= 11 is 0. The van der Waals surface area contributed by atoms with E-state index in [0.29, 0.717) is 12.0 Å². The van der Waals surface area contributed by atoms with Crippen molar-refractivity contribution in [2.24, 2.45) is 11.3 Å². The van der Waals surface area contributed by atoms with Gasteiger partial charge in [-0.2, -0.15) is 21.6 Å². The Kier molecular flexibility index (Phi) is 6.82. The molecule has 0 aromatic heterocycles. The lowest BCUT2D eigenvalue weighted by molar-refractivity contribution is -0.171. The zero-order valence-corrected chi connectivity index (χ0v) is 20.1. The Labute approximate surface area is 196 Å². The smallest absolute Gasteiger partial charge is 0.465 e. The lowest BCUT2D eigenvalue weighted by Crippen LogP contribution is -2.40. The largest absolute Gasteiger partial charge is 0.534 e. The highest BCUT2D eigenvalue weighted by atomic mass is 32.2. The van der Waals surface area contributed by atoms with Crippen LogP contribution in [0.1, 0.15) is 58.1 Å². The Balaban J connectivity index is 2.29. The standard InChI is InChI=1S/C23H27F3O7S/c1-5-31-19(27)22(20(28)32-6-2)12-14-11-21(3,4)17-10-8-7-9-15(17)18(16(14)13-22)33-34(29,30)23(24,25)26/h7-10,14H,5-6,11-13H2,1-4H3. The van der Waals surface area contributed by atoms with Crippen molar-refractivity contribution in [3.63, 3.8) is 0 Å². The number of hydrogen-bond acceptors (Lipinski definition) is 7. The molecule has 1 aromatic rings. The number of carbonyl (C=O) groups is 2. The summed E-state index contributed by atoms with van der Waals surface area (Å²) in [5, 5.41) is 0. The topological polar surface area (TPSA) is 96.0 Å². The average molecular weight is 505 g/mol. The Hall–Kier alpha value is -2.56. The normalized spacial score (nSPS) is 21.2. The van der Waals surface area contributed by atoms with Crippen LogP contribution in [0.2, 0.25) is 0 Å². The van der Waals surface area contributed by atoms with Crippen LogP contribution < -0.4 is 0 Å². The van der Waals surface area contributed by atoms with Gasteiger partial charge in [-0.25, -0.2) is 0 Å². The van der Waals surface area contributed by atoms with E-state index in [-0.39, 0.29) is 37.2 Å². The number of benzene rings is 1. The molecule has 7 nitrogen and oxygen atoms in total. The van der Waals surface area contributed by atoms with Crippen LogP contribution in [0.5, 0.6) is 0 Å². The van der Waals surface area contributed by atoms with Crippen LogP contribution in [-0.4, -0.2) is 39.1 Å². The summed E-state index contributed by atoms with van der Waals surface area (Å²) in [6, 6.07) is 6.43. The second-order valence-corrected chi connectivity index (χ2v) is 10.6. The van der Waals surface area contributed by atoms with E-state index in [4.69, 9.17) is 13.7 Å². The zero-order valence-electron chi connectivity index (χ0n) is 19.3. The third-order valence-electron chi connectivity index (χ3n) is 6.34. The molecule has 3 rings (SSSR count). The molecule has 0 radical (unpaired) electrons. The van der Waals surface area contributed by atoms with E-state index in [1.54, 1.807) is 32.0 Å². The number of halogens is 3. The predicted octanol–water partition coefficient (Wildman–Crippen LogP) is 4.47. The zero-order chi connectivity index (χ0) is 25.5. The maximum Gasteiger partial charge on any atom is 0.534 e. The van der Waals surface area contributed by atoms with Crippen molar-refractivity contribution >= 4 is 27.8 Å². The van der Waals surface area contributed by atoms with Gasteiger partial charge in [-0.3, -0.25) is 9.59 Å². The van der Waals surface area contributed by atoms with Gasteiger partial charge in [0.05, 0.1) is 13.2 Å². The number of carbonyl (C=O) groups excluding carboxylic acids is 2. The Morgan fingerprint density at radius 1 is 1.03 bits per heavy atom. The van der Waals surface area contributed by atoms with Gasteiger partial charge in [-0.1, -0.05) is 38.1 Å². The molecule has 1 aromatic carbocycles. The molecule has 1 atom stereocenters. The van der Waals surface area contributed by atoms with Gasteiger partial charge < -0.3 is 13.7 Å². The average Bonchev–Trinajstić information content (AvgIpc) is 3.08. The summed E-state index contributed by atoms with van der Waals surface area (Å²) in [5.41, 5.74) is -7.20. The molecule has 2 aliphatic carbocycles. The maximum atomic E-state index is 13.3. The molecule has 0 aliphatic heterocycles. The first-order chi connectivity index (χ1) is 15.7. The third kappa shape index (κ3) is 4.42. The molecule has 0 N–H and O–H groups in total. The highest BCUT2D eigenvalue weighted by Crippen LogP contribution is 2.56. The van der Waals surface area contributed by atoms with Crippen LogP contribution >= 0.6 is 0 Å². The Morgan fingerprint density at radius 2 is 1.59 bits per heavy atom. The van der Waals surface area contributed by atoms with Gasteiger partial charge in [0.1, 0.15) is 5.76 Å². The Morgan fingerprint density at radius 3 is 2.12 bits per heavy atom. The molecule has 2 aliphatic rings. The van der Waals surface area contributed by atoms with Crippen LogP contribution in [0.15, 0.2) is 29.8 Å². The molecule has 34 heavy (non-hydrogen) atoms. The first-order valence-corrected chi connectivity index (χ1v) is 12.3. The van der Waals surface area contributed by atoms with E-state index >= 15 is 0 Å². The van der Waals surface area contributed by atoms with E-state index < -0.39 is 50.1 Å².